The van der Waals surface area contributed by atoms with E-state index in [9.17, 15) is 0 Å². The third-order valence-corrected chi connectivity index (χ3v) is 4.11. The molecule has 0 spiro atoms. The largest absolute Gasteiger partial charge is 0.394 e. The highest BCUT2D eigenvalue weighted by Crippen LogP contribution is 2.30. The smallest absolute Gasteiger partial charge is 0.0701 e. The number of nitrogens with zero attached hydrogens (tertiary/aromatic N) is 1. The van der Waals surface area contributed by atoms with E-state index in [-0.39, 0.29) is 12.7 Å². The van der Waals surface area contributed by atoms with Crippen LogP contribution in [-0.4, -0.2) is 37.5 Å². The van der Waals surface area contributed by atoms with Crippen molar-refractivity contribution in [3.05, 3.63) is 28.2 Å². The molecule has 106 valence electrons. The zero-order chi connectivity index (χ0) is 13.7. The molecule has 3 N–H and O–H groups in total. The number of aliphatic hydroxyl groups is 1. The Hall–Kier alpha value is -0.620. The molecule has 1 aromatic rings. The summed E-state index contributed by atoms with van der Waals surface area (Å²) in [4.78, 5) is 2.36. The van der Waals surface area contributed by atoms with E-state index in [1.54, 1.807) is 0 Å². The fourth-order valence-corrected chi connectivity index (χ4v) is 3.09. The molecule has 0 aliphatic carbocycles. The van der Waals surface area contributed by atoms with Crippen LogP contribution in [0.1, 0.15) is 18.4 Å². The van der Waals surface area contributed by atoms with E-state index < -0.39 is 0 Å². The molecule has 1 fully saturated rings. The fraction of sp³-hybridized carbons (Fsp3) is 0.571. The number of anilines is 1. The van der Waals surface area contributed by atoms with Crippen molar-refractivity contribution in [1.29, 1.82) is 0 Å². The zero-order valence-electron chi connectivity index (χ0n) is 11.0. The maximum atomic E-state index is 8.76. The quantitative estimate of drug-likeness (QED) is 0.866. The lowest BCUT2D eigenvalue weighted by atomic mass is 10.1. The number of halogens is 1. The molecule has 0 atom stereocenters. The molecule has 1 aromatic carbocycles. The van der Waals surface area contributed by atoms with Gasteiger partial charge in [-0.1, -0.05) is 6.07 Å². The molecule has 1 saturated heterocycles. The second-order valence-corrected chi connectivity index (χ2v) is 5.63. The minimum atomic E-state index is 0.103. The van der Waals surface area contributed by atoms with E-state index in [1.807, 2.05) is 0 Å². The summed E-state index contributed by atoms with van der Waals surface area (Å²) in [6.45, 7) is 3.08. The molecular formula is C14H21BrN2O2. The second-order valence-electron chi connectivity index (χ2n) is 4.77. The van der Waals surface area contributed by atoms with Gasteiger partial charge in [0.05, 0.1) is 25.0 Å². The Morgan fingerprint density at radius 3 is 2.68 bits per heavy atom. The molecule has 0 unspecified atom stereocenters. The maximum absolute atomic E-state index is 8.76. The highest BCUT2D eigenvalue weighted by Gasteiger charge is 2.21. The standard InChI is InChI=1S/C14H21BrN2O2/c15-13-9-11(10-16)1-2-14(13)17-5-3-12(4-6-17)19-8-7-18/h1-2,9,12,18H,3-8,10,16H2. The number of aliphatic hydroxyl groups excluding tert-OH is 1. The van der Waals surface area contributed by atoms with Crippen molar-refractivity contribution in [3.63, 3.8) is 0 Å². The Bertz CT molecular complexity index is 406. The molecule has 0 aromatic heterocycles. The molecule has 5 heteroatoms. The first-order valence-electron chi connectivity index (χ1n) is 6.70. The Balaban J connectivity index is 1.94. The number of benzene rings is 1. The van der Waals surface area contributed by atoms with E-state index >= 15 is 0 Å². The van der Waals surface area contributed by atoms with Crippen molar-refractivity contribution in [3.8, 4) is 0 Å². The van der Waals surface area contributed by atoms with Crippen LogP contribution >= 0.6 is 15.9 Å². The van der Waals surface area contributed by atoms with Gasteiger partial charge in [0.15, 0.2) is 0 Å². The second kappa shape index (κ2) is 7.24. The lowest BCUT2D eigenvalue weighted by Gasteiger charge is -2.34. The van der Waals surface area contributed by atoms with Crippen molar-refractivity contribution >= 4 is 21.6 Å². The topological polar surface area (TPSA) is 58.7 Å². The highest BCUT2D eigenvalue weighted by atomic mass is 79.9. The van der Waals surface area contributed by atoms with Gasteiger partial charge >= 0.3 is 0 Å². The van der Waals surface area contributed by atoms with Gasteiger partial charge in [0, 0.05) is 24.1 Å². The van der Waals surface area contributed by atoms with Crippen LogP contribution in [0, 0.1) is 0 Å². The van der Waals surface area contributed by atoms with Gasteiger partial charge < -0.3 is 20.5 Å². The Kier molecular flexibility index (Phi) is 5.63. The number of ether oxygens (including phenoxy) is 1. The Morgan fingerprint density at radius 2 is 2.11 bits per heavy atom. The van der Waals surface area contributed by atoms with E-state index in [4.69, 9.17) is 15.6 Å². The minimum absolute atomic E-state index is 0.103. The van der Waals surface area contributed by atoms with Gasteiger partial charge in [0.2, 0.25) is 0 Å². The van der Waals surface area contributed by atoms with Gasteiger partial charge in [0.1, 0.15) is 0 Å². The molecule has 0 saturated carbocycles. The van der Waals surface area contributed by atoms with E-state index in [1.165, 1.54) is 5.69 Å². The van der Waals surface area contributed by atoms with Crippen molar-refractivity contribution in [2.45, 2.75) is 25.5 Å². The molecule has 1 aliphatic rings. The summed E-state index contributed by atoms with van der Waals surface area (Å²) in [5, 5.41) is 8.76. The van der Waals surface area contributed by atoms with Crippen LogP contribution in [0.25, 0.3) is 0 Å². The highest BCUT2D eigenvalue weighted by molar-refractivity contribution is 9.10. The normalized spacial score (nSPS) is 16.9. The summed E-state index contributed by atoms with van der Waals surface area (Å²) in [5.41, 5.74) is 8.00. The van der Waals surface area contributed by atoms with Crippen molar-refractivity contribution in [1.82, 2.24) is 0 Å². The van der Waals surface area contributed by atoms with Gasteiger partial charge in [-0.15, -0.1) is 0 Å². The van der Waals surface area contributed by atoms with Crippen LogP contribution < -0.4 is 10.6 Å². The summed E-state index contributed by atoms with van der Waals surface area (Å²) in [6, 6.07) is 6.29. The first-order chi connectivity index (χ1) is 9.24. The van der Waals surface area contributed by atoms with Gasteiger partial charge in [-0.25, -0.2) is 0 Å². The summed E-state index contributed by atoms with van der Waals surface area (Å²) in [5.74, 6) is 0. The summed E-state index contributed by atoms with van der Waals surface area (Å²) in [6.07, 6.45) is 2.29. The van der Waals surface area contributed by atoms with Gasteiger partial charge in [-0.3, -0.25) is 0 Å². The number of nitrogens with two attached hydrogens (primary N) is 1. The molecular weight excluding hydrogens is 308 g/mol. The molecule has 2 rings (SSSR count). The molecule has 0 radical (unpaired) electrons. The summed E-state index contributed by atoms with van der Waals surface area (Å²) < 4.78 is 6.68. The van der Waals surface area contributed by atoms with Crippen molar-refractivity contribution < 1.29 is 9.84 Å². The van der Waals surface area contributed by atoms with Crippen LogP contribution in [-0.2, 0) is 11.3 Å². The van der Waals surface area contributed by atoms with Crippen molar-refractivity contribution in [2.75, 3.05) is 31.2 Å². The Morgan fingerprint density at radius 1 is 1.37 bits per heavy atom. The fourth-order valence-electron chi connectivity index (χ4n) is 2.42. The molecule has 1 aliphatic heterocycles. The van der Waals surface area contributed by atoms with E-state index in [2.05, 4.69) is 39.0 Å². The van der Waals surface area contributed by atoms with Gasteiger partial charge in [-0.2, -0.15) is 0 Å². The molecule has 4 nitrogen and oxygen atoms in total. The third kappa shape index (κ3) is 3.92. The monoisotopic (exact) mass is 328 g/mol. The van der Waals surface area contributed by atoms with E-state index in [0.29, 0.717) is 13.2 Å². The van der Waals surface area contributed by atoms with Crippen LogP contribution in [0.2, 0.25) is 0 Å². The molecule has 1 heterocycles. The number of rotatable bonds is 5. The SMILES string of the molecule is NCc1ccc(N2CCC(OCCO)CC2)c(Br)c1. The minimum Gasteiger partial charge on any atom is -0.394 e. The van der Waals surface area contributed by atoms with Gasteiger partial charge in [0.25, 0.3) is 0 Å². The molecule has 19 heavy (non-hydrogen) atoms. The first kappa shape index (κ1) is 14.8. The number of hydrogen-bond acceptors (Lipinski definition) is 4. The third-order valence-electron chi connectivity index (χ3n) is 3.48. The average Bonchev–Trinajstić information content (AvgIpc) is 2.45. The maximum Gasteiger partial charge on any atom is 0.0701 e. The lowest BCUT2D eigenvalue weighted by Crippen LogP contribution is -2.37. The molecule has 0 amide bonds. The zero-order valence-corrected chi connectivity index (χ0v) is 12.6. The predicted octanol–water partition coefficient (Wildman–Crippen LogP) is 1.89. The molecule has 0 bridgehead atoms. The van der Waals surface area contributed by atoms with E-state index in [0.717, 1.165) is 36.0 Å². The Labute approximate surface area is 122 Å². The van der Waals surface area contributed by atoms with Crippen LogP contribution in [0.15, 0.2) is 22.7 Å². The van der Waals surface area contributed by atoms with Crippen LogP contribution in [0.4, 0.5) is 5.69 Å². The first-order valence-corrected chi connectivity index (χ1v) is 7.49. The summed E-state index contributed by atoms with van der Waals surface area (Å²) >= 11 is 3.62. The summed E-state index contributed by atoms with van der Waals surface area (Å²) in [7, 11) is 0. The van der Waals surface area contributed by atoms with Crippen molar-refractivity contribution in [2.24, 2.45) is 5.73 Å². The average molecular weight is 329 g/mol. The predicted molar refractivity (Wildman–Crippen MR) is 80.3 cm³/mol. The van der Waals surface area contributed by atoms with Crippen LogP contribution in [0.3, 0.4) is 0 Å². The number of piperidine rings is 1. The number of hydrogen-bond donors (Lipinski definition) is 2. The van der Waals surface area contributed by atoms with Crippen LogP contribution in [0.5, 0.6) is 0 Å². The van der Waals surface area contributed by atoms with Gasteiger partial charge in [-0.05, 0) is 46.5 Å². The lowest BCUT2D eigenvalue weighted by molar-refractivity contribution is 0.0159.